The van der Waals surface area contributed by atoms with E-state index in [-0.39, 0.29) is 17.3 Å². The minimum absolute atomic E-state index is 0.198. The molecule has 4 rings (SSSR count). The molecule has 0 bridgehead atoms. The van der Waals surface area contributed by atoms with E-state index < -0.39 is 0 Å². The number of anilines is 1. The largest absolute Gasteiger partial charge is 0.383 e. The van der Waals surface area contributed by atoms with Crippen molar-refractivity contribution in [2.75, 3.05) is 12.3 Å². The number of carbonyl (C=O) groups is 1. The number of benzene rings is 2. The molecule has 3 N–H and O–H groups in total. The van der Waals surface area contributed by atoms with Crippen LogP contribution in [0, 0.1) is 0 Å². The Morgan fingerprint density at radius 1 is 1.13 bits per heavy atom. The summed E-state index contributed by atoms with van der Waals surface area (Å²) < 4.78 is 1.46. The number of nitrogens with two attached hydrogens (primary N) is 1. The smallest absolute Gasteiger partial charge is 0.257 e. The molecule has 8 heteroatoms. The number of nitrogens with one attached hydrogen (secondary N) is 1. The maximum atomic E-state index is 13.0. The molecule has 31 heavy (non-hydrogen) atoms. The van der Waals surface area contributed by atoms with Crippen LogP contribution in [-0.2, 0) is 0 Å². The van der Waals surface area contributed by atoms with Crippen molar-refractivity contribution >= 4 is 51.7 Å². The highest BCUT2D eigenvalue weighted by molar-refractivity contribution is 6.30. The van der Waals surface area contributed by atoms with Crippen LogP contribution in [0.4, 0.5) is 5.82 Å². The van der Waals surface area contributed by atoms with Crippen LogP contribution in [0.15, 0.2) is 53.6 Å². The van der Waals surface area contributed by atoms with E-state index >= 15 is 0 Å². The van der Waals surface area contributed by atoms with Gasteiger partial charge in [0.2, 0.25) is 0 Å². The monoisotopic (exact) mass is 434 g/mol. The zero-order valence-corrected chi connectivity index (χ0v) is 17.9. The number of amides is 1. The molecule has 0 spiro atoms. The molecule has 0 aliphatic rings. The van der Waals surface area contributed by atoms with Gasteiger partial charge in [0, 0.05) is 11.6 Å². The Hall–Kier alpha value is -3.45. The van der Waals surface area contributed by atoms with Gasteiger partial charge in [-0.15, -0.1) is 0 Å². The molecule has 1 amide bonds. The van der Waals surface area contributed by atoms with Crippen molar-refractivity contribution in [3.8, 4) is 0 Å². The van der Waals surface area contributed by atoms with Crippen molar-refractivity contribution in [1.82, 2.24) is 20.0 Å². The fraction of sp³-hybridized carbons (Fsp3) is 0.217. The predicted octanol–water partition coefficient (Wildman–Crippen LogP) is 4.62. The zero-order valence-electron chi connectivity index (χ0n) is 17.2. The van der Waals surface area contributed by atoms with Gasteiger partial charge in [-0.1, -0.05) is 55.6 Å². The summed E-state index contributed by atoms with van der Waals surface area (Å²) >= 11 is 5.95. The summed E-state index contributed by atoms with van der Waals surface area (Å²) in [5.41, 5.74) is 9.76. The van der Waals surface area contributed by atoms with Gasteiger partial charge in [-0.3, -0.25) is 4.79 Å². The van der Waals surface area contributed by atoms with Gasteiger partial charge in [-0.25, -0.2) is 9.97 Å². The van der Waals surface area contributed by atoms with E-state index in [0.29, 0.717) is 33.8 Å². The summed E-state index contributed by atoms with van der Waals surface area (Å²) in [6.45, 7) is 2.70. The summed E-state index contributed by atoms with van der Waals surface area (Å²) in [4.78, 5) is 22.3. The topological polar surface area (TPSA) is 98.2 Å². The van der Waals surface area contributed by atoms with Crippen LogP contribution < -0.4 is 11.1 Å². The molecule has 0 saturated carbocycles. The van der Waals surface area contributed by atoms with Crippen LogP contribution >= 0.6 is 11.6 Å². The highest BCUT2D eigenvalue weighted by Gasteiger charge is 2.23. The van der Waals surface area contributed by atoms with Gasteiger partial charge >= 0.3 is 0 Å². The van der Waals surface area contributed by atoms with E-state index in [4.69, 9.17) is 17.3 Å². The molecule has 0 atom stereocenters. The van der Waals surface area contributed by atoms with Crippen LogP contribution in [0.5, 0.6) is 0 Å². The summed E-state index contributed by atoms with van der Waals surface area (Å²) in [6, 6.07) is 14.7. The third-order valence-corrected chi connectivity index (χ3v) is 5.21. The van der Waals surface area contributed by atoms with E-state index in [0.717, 1.165) is 24.8 Å². The second kappa shape index (κ2) is 9.14. The molecule has 0 unspecified atom stereocenters. The highest BCUT2D eigenvalue weighted by Crippen LogP contribution is 2.27. The highest BCUT2D eigenvalue weighted by atomic mass is 35.5. The normalized spacial score (nSPS) is 11.5. The first-order valence-electron chi connectivity index (χ1n) is 10.2. The Balaban J connectivity index is 1.80. The molecule has 2 aromatic heterocycles. The van der Waals surface area contributed by atoms with E-state index in [1.165, 1.54) is 4.68 Å². The summed E-state index contributed by atoms with van der Waals surface area (Å²) in [5, 5.41) is 8.08. The van der Waals surface area contributed by atoms with Crippen molar-refractivity contribution in [2.45, 2.75) is 26.2 Å². The zero-order chi connectivity index (χ0) is 21.8. The van der Waals surface area contributed by atoms with Gasteiger partial charge in [-0.2, -0.15) is 9.78 Å². The molecular formula is C23H23ClN6O. The second-order valence-corrected chi connectivity index (χ2v) is 7.65. The third kappa shape index (κ3) is 4.36. The first-order valence-corrected chi connectivity index (χ1v) is 10.6. The van der Waals surface area contributed by atoms with E-state index in [1.807, 2.05) is 36.4 Å². The number of hydrogen-bond donors (Lipinski definition) is 2. The van der Waals surface area contributed by atoms with Crippen molar-refractivity contribution in [3.63, 3.8) is 0 Å². The average Bonchev–Trinajstić information content (AvgIpc) is 3.05. The molecule has 0 aliphatic carbocycles. The number of rotatable bonds is 7. The Bertz CT molecular complexity index is 1260. The second-order valence-electron chi connectivity index (χ2n) is 7.22. The molecule has 7 nitrogen and oxygen atoms in total. The van der Waals surface area contributed by atoms with Gasteiger partial charge < -0.3 is 11.1 Å². The lowest BCUT2D eigenvalue weighted by molar-refractivity contribution is 0.0955. The number of carbonyl (C=O) groups excluding carboxylic acids is 1. The summed E-state index contributed by atoms with van der Waals surface area (Å²) in [6.07, 6.45) is 4.68. The fourth-order valence-electron chi connectivity index (χ4n) is 3.33. The Kier molecular flexibility index (Phi) is 6.13. The SMILES string of the molecule is CCCCCNC(=O)c1c(N)n(N=Cc2ccc(Cl)cc2)c2nc3ccccc3nc12. The fourth-order valence-corrected chi connectivity index (χ4v) is 3.45. The molecule has 158 valence electrons. The summed E-state index contributed by atoms with van der Waals surface area (Å²) in [7, 11) is 0. The van der Waals surface area contributed by atoms with Crippen molar-refractivity contribution in [1.29, 1.82) is 0 Å². The lowest BCUT2D eigenvalue weighted by atomic mass is 10.2. The van der Waals surface area contributed by atoms with Gasteiger partial charge in [-0.05, 0) is 36.2 Å². The standard InChI is InChI=1S/C23H23ClN6O/c1-2-3-6-13-26-23(31)19-20-22(29-18-8-5-4-7-17(18)28-20)30(21(19)25)27-14-15-9-11-16(24)12-10-15/h4-5,7-12,14H,2-3,6,13,25H2,1H3,(H,26,31). The van der Waals surface area contributed by atoms with Gasteiger partial charge in [0.05, 0.1) is 17.2 Å². The lowest BCUT2D eigenvalue weighted by Gasteiger charge is -2.05. The molecule has 0 radical (unpaired) electrons. The molecule has 0 saturated heterocycles. The van der Waals surface area contributed by atoms with Crippen LogP contribution in [-0.4, -0.2) is 33.3 Å². The van der Waals surface area contributed by atoms with Crippen LogP contribution in [0.1, 0.15) is 42.1 Å². The first kappa shape index (κ1) is 20.8. The van der Waals surface area contributed by atoms with Crippen LogP contribution in [0.25, 0.3) is 22.2 Å². The summed E-state index contributed by atoms with van der Waals surface area (Å²) in [5.74, 6) is -0.0767. The Morgan fingerprint density at radius 2 is 1.84 bits per heavy atom. The van der Waals surface area contributed by atoms with Crippen molar-refractivity contribution in [3.05, 3.63) is 64.7 Å². The molecule has 4 aromatic rings. The quantitative estimate of drug-likeness (QED) is 0.327. The molecular weight excluding hydrogens is 412 g/mol. The number of nitrogen functional groups attached to an aromatic ring is 1. The van der Waals surface area contributed by atoms with E-state index in [1.54, 1.807) is 18.3 Å². The Labute approximate surface area is 184 Å². The average molecular weight is 435 g/mol. The Morgan fingerprint density at radius 3 is 2.55 bits per heavy atom. The lowest BCUT2D eigenvalue weighted by Crippen LogP contribution is -2.25. The van der Waals surface area contributed by atoms with Crippen molar-refractivity contribution in [2.24, 2.45) is 5.10 Å². The van der Waals surface area contributed by atoms with Gasteiger partial charge in [0.15, 0.2) is 5.65 Å². The maximum Gasteiger partial charge on any atom is 0.257 e. The van der Waals surface area contributed by atoms with Crippen LogP contribution in [0.3, 0.4) is 0 Å². The first-order chi connectivity index (χ1) is 15.1. The van der Waals surface area contributed by atoms with E-state index in [9.17, 15) is 4.79 Å². The number of nitrogens with zero attached hydrogens (tertiary/aromatic N) is 4. The number of para-hydroxylation sites is 2. The number of hydrogen-bond acceptors (Lipinski definition) is 5. The van der Waals surface area contributed by atoms with Gasteiger partial charge in [0.1, 0.15) is 16.9 Å². The number of aromatic nitrogens is 3. The number of fused-ring (bicyclic) bond motifs is 2. The molecule has 2 aromatic carbocycles. The third-order valence-electron chi connectivity index (χ3n) is 4.96. The predicted molar refractivity (Wildman–Crippen MR) is 126 cm³/mol. The van der Waals surface area contributed by atoms with Crippen LogP contribution in [0.2, 0.25) is 5.02 Å². The van der Waals surface area contributed by atoms with E-state index in [2.05, 4.69) is 27.3 Å². The minimum Gasteiger partial charge on any atom is -0.383 e. The van der Waals surface area contributed by atoms with Gasteiger partial charge in [0.25, 0.3) is 5.91 Å². The molecule has 2 heterocycles. The molecule has 0 aliphatic heterocycles. The number of halogens is 1. The van der Waals surface area contributed by atoms with Crippen molar-refractivity contribution < 1.29 is 4.79 Å². The number of unbranched alkanes of at least 4 members (excludes halogenated alkanes) is 2. The maximum absolute atomic E-state index is 13.0. The molecule has 0 fully saturated rings. The minimum atomic E-state index is -0.274.